The van der Waals surface area contributed by atoms with Crippen molar-refractivity contribution in [1.29, 1.82) is 0 Å². The third kappa shape index (κ3) is 3.47. The Morgan fingerprint density at radius 2 is 1.76 bits per heavy atom. The van der Waals surface area contributed by atoms with Gasteiger partial charge in [-0.1, -0.05) is 0 Å². The second kappa shape index (κ2) is 7.29. The summed E-state index contributed by atoms with van der Waals surface area (Å²) in [6.07, 6.45) is 1.09. The van der Waals surface area contributed by atoms with Gasteiger partial charge in [0.15, 0.2) is 0 Å². The minimum Gasteiger partial charge on any atom is -0.477 e. The molecule has 0 spiro atoms. The number of carbonyl (C=O) groups is 1. The van der Waals surface area contributed by atoms with Gasteiger partial charge >= 0.3 is 5.97 Å². The molecule has 0 aliphatic carbocycles. The second-order valence-electron chi connectivity index (χ2n) is 7.13. The molecule has 150 valence electrons. The zero-order valence-corrected chi connectivity index (χ0v) is 15.7. The van der Waals surface area contributed by atoms with Crippen LogP contribution in [0.1, 0.15) is 10.4 Å². The molecular formula is C21H19F2N3O3. The number of piperazine rings is 1. The Balaban J connectivity index is 1.96. The van der Waals surface area contributed by atoms with Gasteiger partial charge in [0.2, 0.25) is 5.43 Å². The molecule has 0 amide bonds. The molecule has 2 heterocycles. The van der Waals surface area contributed by atoms with Crippen LogP contribution < -0.4 is 10.3 Å². The topological polar surface area (TPSA) is 65.8 Å². The number of hydrogen-bond acceptors (Lipinski definition) is 4. The van der Waals surface area contributed by atoms with Crippen LogP contribution in [0.15, 0.2) is 47.4 Å². The molecule has 2 aromatic carbocycles. The number of likely N-dealkylation sites (N-methyl/N-ethyl adjacent to an activating group) is 1. The molecule has 3 aromatic rings. The van der Waals surface area contributed by atoms with E-state index in [9.17, 15) is 23.5 Å². The number of aromatic nitrogens is 1. The van der Waals surface area contributed by atoms with E-state index in [1.807, 2.05) is 7.05 Å². The first-order valence-corrected chi connectivity index (χ1v) is 9.17. The van der Waals surface area contributed by atoms with Gasteiger partial charge in [-0.2, -0.15) is 0 Å². The first kappa shape index (κ1) is 19.1. The average Bonchev–Trinajstić information content (AvgIpc) is 2.69. The summed E-state index contributed by atoms with van der Waals surface area (Å²) >= 11 is 0. The van der Waals surface area contributed by atoms with Gasteiger partial charge in [-0.25, -0.2) is 13.6 Å². The zero-order chi connectivity index (χ0) is 20.7. The zero-order valence-electron chi connectivity index (χ0n) is 15.7. The molecular weight excluding hydrogens is 380 g/mol. The fourth-order valence-electron chi connectivity index (χ4n) is 3.60. The van der Waals surface area contributed by atoms with Crippen LogP contribution in [-0.4, -0.2) is 53.8 Å². The predicted molar refractivity (Wildman–Crippen MR) is 106 cm³/mol. The fourth-order valence-corrected chi connectivity index (χ4v) is 3.60. The third-order valence-corrected chi connectivity index (χ3v) is 5.26. The van der Waals surface area contributed by atoms with E-state index in [1.165, 1.54) is 10.6 Å². The lowest BCUT2D eigenvalue weighted by molar-refractivity contribution is 0.0695. The first-order valence-electron chi connectivity index (χ1n) is 9.17. The van der Waals surface area contributed by atoms with Gasteiger partial charge in [-0.15, -0.1) is 0 Å². The van der Waals surface area contributed by atoms with Gasteiger partial charge in [-0.05, 0) is 37.4 Å². The van der Waals surface area contributed by atoms with E-state index < -0.39 is 28.6 Å². The van der Waals surface area contributed by atoms with Crippen molar-refractivity contribution in [2.45, 2.75) is 0 Å². The fraction of sp³-hybridized carbons (Fsp3) is 0.238. The summed E-state index contributed by atoms with van der Waals surface area (Å²) in [6, 6.07) is 8.12. The molecule has 1 saturated heterocycles. The molecule has 0 radical (unpaired) electrons. The standard InChI is InChI=1S/C21H19F2N3O3/c1-24-6-8-25(9-7-24)14-3-4-15-19(11-14)26(12-16(20(15)27)21(28)29)18-5-2-13(22)10-17(18)23/h2-5,10-12H,6-9H2,1H3,(H,28,29). The Hall–Kier alpha value is -3.26. The van der Waals surface area contributed by atoms with Crippen LogP contribution in [0.5, 0.6) is 0 Å². The summed E-state index contributed by atoms with van der Waals surface area (Å²) < 4.78 is 29.2. The van der Waals surface area contributed by atoms with Gasteiger partial charge < -0.3 is 19.5 Å². The van der Waals surface area contributed by atoms with Crippen LogP contribution in [-0.2, 0) is 0 Å². The predicted octanol–water partition coefficient (Wildman–Crippen LogP) is 2.72. The molecule has 1 aliphatic rings. The van der Waals surface area contributed by atoms with Crippen molar-refractivity contribution in [3.05, 3.63) is 70.0 Å². The highest BCUT2D eigenvalue weighted by molar-refractivity contribution is 5.94. The Bertz CT molecular complexity index is 1170. The summed E-state index contributed by atoms with van der Waals surface area (Å²) in [6.45, 7) is 3.36. The van der Waals surface area contributed by atoms with Crippen molar-refractivity contribution in [1.82, 2.24) is 9.47 Å². The molecule has 6 nitrogen and oxygen atoms in total. The van der Waals surface area contributed by atoms with Gasteiger partial charge in [0.25, 0.3) is 0 Å². The highest BCUT2D eigenvalue weighted by Crippen LogP contribution is 2.26. The van der Waals surface area contributed by atoms with Crippen molar-refractivity contribution in [3.63, 3.8) is 0 Å². The van der Waals surface area contributed by atoms with E-state index in [4.69, 9.17) is 0 Å². The van der Waals surface area contributed by atoms with Crippen LogP contribution in [0, 0.1) is 11.6 Å². The van der Waals surface area contributed by atoms with Gasteiger partial charge in [-0.3, -0.25) is 4.79 Å². The molecule has 1 aliphatic heterocycles. The van der Waals surface area contributed by atoms with Gasteiger partial charge in [0, 0.05) is 49.5 Å². The van der Waals surface area contributed by atoms with Gasteiger partial charge in [0.05, 0.1) is 11.2 Å². The molecule has 1 fully saturated rings. The van der Waals surface area contributed by atoms with Crippen molar-refractivity contribution in [2.24, 2.45) is 0 Å². The summed E-state index contributed by atoms with van der Waals surface area (Å²) in [5.74, 6) is -3.00. The maximum absolute atomic E-state index is 14.5. The van der Waals surface area contributed by atoms with Crippen molar-refractivity contribution < 1.29 is 18.7 Å². The summed E-state index contributed by atoms with van der Waals surface area (Å²) in [5, 5.41) is 9.57. The monoisotopic (exact) mass is 399 g/mol. The molecule has 0 unspecified atom stereocenters. The molecule has 1 aromatic heterocycles. The number of carboxylic acid groups (broad SMARTS) is 1. The number of fused-ring (bicyclic) bond motifs is 1. The second-order valence-corrected chi connectivity index (χ2v) is 7.13. The number of carboxylic acids is 1. The quantitative estimate of drug-likeness (QED) is 0.734. The van der Waals surface area contributed by atoms with Crippen LogP contribution in [0.4, 0.5) is 14.5 Å². The van der Waals surface area contributed by atoms with E-state index >= 15 is 0 Å². The Morgan fingerprint density at radius 1 is 1.03 bits per heavy atom. The number of rotatable bonds is 3. The first-order chi connectivity index (χ1) is 13.8. The number of pyridine rings is 1. The number of anilines is 1. The lowest BCUT2D eigenvalue weighted by atomic mass is 10.1. The largest absolute Gasteiger partial charge is 0.477 e. The van der Waals surface area contributed by atoms with Gasteiger partial charge in [0.1, 0.15) is 17.2 Å². The summed E-state index contributed by atoms with van der Waals surface area (Å²) in [5.41, 5.74) is 0.0606. The Morgan fingerprint density at radius 3 is 2.41 bits per heavy atom. The normalized spacial score (nSPS) is 15.1. The minimum absolute atomic E-state index is 0.0329. The third-order valence-electron chi connectivity index (χ3n) is 5.26. The Labute approximate surface area is 165 Å². The molecule has 1 N–H and O–H groups in total. The van der Waals surface area contributed by atoms with Crippen LogP contribution in [0.3, 0.4) is 0 Å². The SMILES string of the molecule is CN1CCN(c2ccc3c(=O)c(C(=O)O)cn(-c4ccc(F)cc4F)c3c2)CC1. The summed E-state index contributed by atoms with van der Waals surface area (Å²) in [7, 11) is 2.04. The van der Waals surface area contributed by atoms with E-state index in [0.717, 1.165) is 50.2 Å². The number of aromatic carboxylic acids is 1. The maximum atomic E-state index is 14.5. The number of benzene rings is 2. The van der Waals surface area contributed by atoms with Crippen molar-refractivity contribution in [2.75, 3.05) is 38.1 Å². The smallest absolute Gasteiger partial charge is 0.341 e. The van der Waals surface area contributed by atoms with E-state index in [-0.39, 0.29) is 11.1 Å². The number of nitrogens with zero attached hydrogens (tertiary/aromatic N) is 3. The molecule has 29 heavy (non-hydrogen) atoms. The van der Waals surface area contributed by atoms with E-state index in [1.54, 1.807) is 18.2 Å². The number of halogens is 2. The van der Waals surface area contributed by atoms with Crippen LogP contribution in [0.2, 0.25) is 0 Å². The lowest BCUT2D eigenvalue weighted by Crippen LogP contribution is -2.44. The summed E-state index contributed by atoms with van der Waals surface area (Å²) in [4.78, 5) is 28.6. The van der Waals surface area contributed by atoms with E-state index in [2.05, 4.69) is 9.80 Å². The maximum Gasteiger partial charge on any atom is 0.341 e. The van der Waals surface area contributed by atoms with Crippen molar-refractivity contribution >= 4 is 22.6 Å². The highest BCUT2D eigenvalue weighted by atomic mass is 19.1. The minimum atomic E-state index is -1.41. The number of hydrogen-bond donors (Lipinski definition) is 1. The van der Waals surface area contributed by atoms with Crippen molar-refractivity contribution in [3.8, 4) is 5.69 Å². The van der Waals surface area contributed by atoms with E-state index in [0.29, 0.717) is 5.52 Å². The molecule has 0 atom stereocenters. The molecule has 0 saturated carbocycles. The molecule has 4 rings (SSSR count). The average molecular weight is 399 g/mol. The molecule has 8 heteroatoms. The lowest BCUT2D eigenvalue weighted by Gasteiger charge is -2.34. The van der Waals surface area contributed by atoms with Crippen LogP contribution >= 0.6 is 0 Å². The Kier molecular flexibility index (Phi) is 4.79. The molecule has 0 bridgehead atoms. The highest BCUT2D eigenvalue weighted by Gasteiger charge is 2.20. The van der Waals surface area contributed by atoms with Crippen LogP contribution in [0.25, 0.3) is 16.6 Å².